The number of benzene rings is 2. The molecule has 2 aliphatic rings. The molecule has 11 heteroatoms. The van der Waals surface area contributed by atoms with Gasteiger partial charge in [0.1, 0.15) is 35.6 Å². The summed E-state index contributed by atoms with van der Waals surface area (Å²) in [7, 11) is 1.48. The summed E-state index contributed by atoms with van der Waals surface area (Å²) in [6, 6.07) is 6.06. The van der Waals surface area contributed by atoms with E-state index in [2.05, 4.69) is 19.9 Å². The average molecular weight is 555 g/mol. The number of aryl methyl sites for hydroxylation is 1. The predicted molar refractivity (Wildman–Crippen MR) is 142 cm³/mol. The van der Waals surface area contributed by atoms with Gasteiger partial charge in [0.25, 0.3) is 0 Å². The average Bonchev–Trinajstić information content (AvgIpc) is 3.46. The first-order valence-corrected chi connectivity index (χ1v) is 13.3. The highest BCUT2D eigenvalue weighted by Gasteiger charge is 2.49. The van der Waals surface area contributed by atoms with Crippen molar-refractivity contribution in [3.05, 3.63) is 47.7 Å². The lowest BCUT2D eigenvalue weighted by Gasteiger charge is -2.30. The second-order valence-corrected chi connectivity index (χ2v) is 10.4. The molecule has 0 bridgehead atoms. The standard InChI is InChI=1S/C29H29F3N4O4/c1-3-19-22(31)6-5-16-9-18(40-15-38-2)10-20(23(16)19)25-24(32)26-21(12-33-25)27(37)35-28(34-26)39-14-29-7-4-8-36(29)13-17(30)11-29/h5-6,9-10,12,17H,3-4,7-8,11,13-15H2,1-2H3,(H,34,35,37)/t17?,29-/m0/s1. The molecule has 4 aromatic rings. The number of hydrogen-bond donors (Lipinski definition) is 1. The molecule has 2 aromatic heterocycles. The lowest BCUT2D eigenvalue weighted by Crippen LogP contribution is -2.43. The molecule has 2 saturated heterocycles. The van der Waals surface area contributed by atoms with Crippen LogP contribution in [0.15, 0.2) is 30.5 Å². The van der Waals surface area contributed by atoms with E-state index in [9.17, 15) is 13.9 Å². The Morgan fingerprint density at radius 3 is 2.83 bits per heavy atom. The summed E-state index contributed by atoms with van der Waals surface area (Å²) in [6.45, 7) is 3.05. The Morgan fingerprint density at radius 1 is 1.18 bits per heavy atom. The number of fused-ring (bicyclic) bond motifs is 3. The fraction of sp³-hybridized carbons (Fsp3) is 0.414. The van der Waals surface area contributed by atoms with E-state index in [4.69, 9.17) is 14.2 Å². The van der Waals surface area contributed by atoms with Crippen molar-refractivity contribution < 1.29 is 32.5 Å². The molecule has 0 amide bonds. The Bertz CT molecular complexity index is 1600. The number of pyridine rings is 1. The van der Waals surface area contributed by atoms with Crippen LogP contribution >= 0.6 is 0 Å². The van der Waals surface area contributed by atoms with E-state index >= 15 is 4.39 Å². The fourth-order valence-corrected chi connectivity index (χ4v) is 6.15. The largest absolute Gasteiger partial charge is 0.493 e. The molecule has 0 aliphatic carbocycles. The molecule has 0 radical (unpaired) electrons. The number of nitrogens with zero attached hydrogens (tertiary/aromatic N) is 4. The normalized spacial score (nSPS) is 20.9. The van der Waals surface area contributed by atoms with Gasteiger partial charge in [0.05, 0.1) is 10.9 Å². The molecule has 0 spiro atoms. The summed E-state index contributed by atoms with van der Waals surface area (Å²) in [6.07, 6.45) is 2.76. The fourth-order valence-electron chi connectivity index (χ4n) is 6.15. The van der Waals surface area contributed by atoms with E-state index < -0.39 is 29.2 Å². The van der Waals surface area contributed by atoms with Crippen LogP contribution in [0.3, 0.4) is 0 Å². The maximum atomic E-state index is 16.2. The number of halogens is 3. The first-order valence-electron chi connectivity index (χ1n) is 13.3. The molecule has 0 saturated carbocycles. The van der Waals surface area contributed by atoms with Crippen LogP contribution in [0, 0.1) is 11.6 Å². The first-order chi connectivity index (χ1) is 19.3. The van der Waals surface area contributed by atoms with Crippen molar-refractivity contribution >= 4 is 21.7 Å². The Labute approximate surface area is 228 Å². The minimum absolute atomic E-state index is 0.00284. The Balaban J connectivity index is 1.45. The van der Waals surface area contributed by atoms with Gasteiger partial charge in [0, 0.05) is 31.8 Å². The van der Waals surface area contributed by atoms with Gasteiger partial charge in [-0.25, -0.2) is 13.2 Å². The molecule has 1 unspecified atom stereocenters. The molecule has 1 N–H and O–H groups in total. The van der Waals surface area contributed by atoms with Crippen LogP contribution in [0.1, 0.15) is 31.7 Å². The number of alkyl halides is 1. The summed E-state index contributed by atoms with van der Waals surface area (Å²) < 4.78 is 61.8. The Morgan fingerprint density at radius 2 is 2.02 bits per heavy atom. The van der Waals surface area contributed by atoms with Crippen molar-refractivity contribution in [2.45, 2.75) is 44.3 Å². The van der Waals surface area contributed by atoms with E-state index in [0.717, 1.165) is 19.4 Å². The predicted octanol–water partition coefficient (Wildman–Crippen LogP) is 5.33. The zero-order valence-electron chi connectivity index (χ0n) is 22.2. The van der Waals surface area contributed by atoms with Crippen molar-refractivity contribution in [3.8, 4) is 28.9 Å². The SMILES string of the molecule is CCc1c(F)ccc2cc(OCOC)cc(-c3ncc4c(O)nc(OC[C@@]56CCCN5CC(F)C6)nc4c3F)c12. The highest BCUT2D eigenvalue weighted by Crippen LogP contribution is 2.41. The Kier molecular flexibility index (Phi) is 6.87. The van der Waals surface area contributed by atoms with Gasteiger partial charge in [-0.1, -0.05) is 13.0 Å². The van der Waals surface area contributed by atoms with Gasteiger partial charge in [-0.15, -0.1) is 0 Å². The van der Waals surface area contributed by atoms with Crippen molar-refractivity contribution in [1.29, 1.82) is 0 Å². The van der Waals surface area contributed by atoms with Crippen LogP contribution in [0.25, 0.3) is 32.9 Å². The topological polar surface area (TPSA) is 89.8 Å². The monoisotopic (exact) mass is 554 g/mol. The maximum absolute atomic E-state index is 16.2. The van der Waals surface area contributed by atoms with Crippen LogP contribution < -0.4 is 9.47 Å². The zero-order chi connectivity index (χ0) is 28.0. The van der Waals surface area contributed by atoms with Gasteiger partial charge in [-0.2, -0.15) is 9.97 Å². The van der Waals surface area contributed by atoms with Crippen molar-refractivity contribution in [1.82, 2.24) is 19.9 Å². The molecule has 2 fully saturated rings. The quantitative estimate of drug-likeness (QED) is 0.293. The number of aromatic nitrogens is 3. The third-order valence-corrected chi connectivity index (χ3v) is 7.97. The van der Waals surface area contributed by atoms with Crippen LogP contribution in [-0.2, 0) is 11.2 Å². The molecule has 40 heavy (non-hydrogen) atoms. The van der Waals surface area contributed by atoms with E-state index in [1.54, 1.807) is 18.2 Å². The number of ether oxygens (including phenoxy) is 3. The van der Waals surface area contributed by atoms with Gasteiger partial charge in [-0.3, -0.25) is 9.88 Å². The van der Waals surface area contributed by atoms with Gasteiger partial charge in [0.15, 0.2) is 12.6 Å². The molecule has 2 aliphatic heterocycles. The van der Waals surface area contributed by atoms with Crippen LogP contribution in [0.2, 0.25) is 0 Å². The smallest absolute Gasteiger partial charge is 0.320 e. The third-order valence-electron chi connectivity index (χ3n) is 7.97. The van der Waals surface area contributed by atoms with Gasteiger partial charge in [-0.05, 0) is 60.3 Å². The molecule has 2 atom stereocenters. The molecular weight excluding hydrogens is 525 g/mol. The number of methoxy groups -OCH3 is 1. The number of rotatable bonds is 8. The molecule has 210 valence electrons. The minimum atomic E-state index is -0.933. The lowest BCUT2D eigenvalue weighted by molar-refractivity contribution is 0.0512. The van der Waals surface area contributed by atoms with Gasteiger partial charge >= 0.3 is 6.01 Å². The molecule has 2 aromatic carbocycles. The second kappa shape index (κ2) is 10.4. The summed E-state index contributed by atoms with van der Waals surface area (Å²) in [4.78, 5) is 14.6. The second-order valence-electron chi connectivity index (χ2n) is 10.4. The summed E-state index contributed by atoms with van der Waals surface area (Å²) >= 11 is 0. The van der Waals surface area contributed by atoms with E-state index in [1.807, 2.05) is 6.92 Å². The van der Waals surface area contributed by atoms with Gasteiger partial charge in [0.2, 0.25) is 5.88 Å². The highest BCUT2D eigenvalue weighted by molar-refractivity contribution is 6.01. The maximum Gasteiger partial charge on any atom is 0.320 e. The van der Waals surface area contributed by atoms with Crippen LogP contribution in [0.4, 0.5) is 13.2 Å². The van der Waals surface area contributed by atoms with Crippen molar-refractivity contribution in [3.63, 3.8) is 0 Å². The van der Waals surface area contributed by atoms with E-state index in [-0.39, 0.29) is 36.0 Å². The first kappa shape index (κ1) is 26.5. The van der Waals surface area contributed by atoms with Crippen molar-refractivity contribution in [2.24, 2.45) is 0 Å². The lowest BCUT2D eigenvalue weighted by atomic mass is 9.94. The number of hydrogen-bond acceptors (Lipinski definition) is 8. The van der Waals surface area contributed by atoms with Crippen LogP contribution in [0.5, 0.6) is 17.6 Å². The minimum Gasteiger partial charge on any atom is -0.493 e. The Hall–Kier alpha value is -3.70. The number of aromatic hydroxyl groups is 1. The molecule has 4 heterocycles. The molecule has 8 nitrogen and oxygen atoms in total. The summed E-state index contributed by atoms with van der Waals surface area (Å²) in [5.41, 5.74) is -0.0439. The summed E-state index contributed by atoms with van der Waals surface area (Å²) in [5.74, 6) is -1.35. The van der Waals surface area contributed by atoms with Gasteiger partial charge < -0.3 is 19.3 Å². The third kappa shape index (κ3) is 4.46. The van der Waals surface area contributed by atoms with Crippen molar-refractivity contribution in [2.75, 3.05) is 33.6 Å². The molecule has 6 rings (SSSR count). The zero-order valence-corrected chi connectivity index (χ0v) is 22.2. The van der Waals surface area contributed by atoms with E-state index in [1.165, 1.54) is 19.4 Å². The molecular formula is C29H29F3N4O4. The summed E-state index contributed by atoms with van der Waals surface area (Å²) in [5, 5.41) is 11.7. The highest BCUT2D eigenvalue weighted by atomic mass is 19.1. The van der Waals surface area contributed by atoms with E-state index in [0.29, 0.717) is 47.0 Å². The van der Waals surface area contributed by atoms with Crippen LogP contribution in [-0.4, -0.2) is 70.3 Å².